The summed E-state index contributed by atoms with van der Waals surface area (Å²) in [5, 5.41) is 1.07. The number of nitrogens with zero attached hydrogens (tertiary/aromatic N) is 1. The Morgan fingerprint density at radius 3 is 2.50 bits per heavy atom. The summed E-state index contributed by atoms with van der Waals surface area (Å²) >= 11 is 0. The van der Waals surface area contributed by atoms with E-state index in [1.807, 2.05) is 12.1 Å². The van der Waals surface area contributed by atoms with Crippen molar-refractivity contribution in [3.05, 3.63) is 66.1 Å². The number of carbonyl (C=O) groups excluding carboxylic acids is 1. The molecule has 2 aromatic carbocycles. The molecular formula is C22H22FNO2. The molecule has 3 nitrogen and oxygen atoms in total. The molecule has 0 N–H and O–H groups in total. The summed E-state index contributed by atoms with van der Waals surface area (Å²) in [7, 11) is 0. The minimum atomic E-state index is -0.377. The number of halogens is 1. The highest BCUT2D eigenvalue weighted by Gasteiger charge is 2.18. The molecule has 0 fully saturated rings. The zero-order valence-electron chi connectivity index (χ0n) is 15.2. The first kappa shape index (κ1) is 17.9. The zero-order chi connectivity index (χ0) is 18.7. The van der Waals surface area contributed by atoms with Crippen LogP contribution in [0.5, 0.6) is 0 Å². The zero-order valence-corrected chi connectivity index (χ0v) is 15.2. The highest BCUT2D eigenvalue weighted by Crippen LogP contribution is 2.37. The molecule has 0 aliphatic heterocycles. The molecule has 0 aliphatic rings. The lowest BCUT2D eigenvalue weighted by molar-refractivity contribution is -0.137. The molecule has 3 aromatic rings. The molecule has 0 saturated heterocycles. The number of para-hydroxylation sites is 1. The van der Waals surface area contributed by atoms with Crippen LogP contribution in [0.3, 0.4) is 0 Å². The summed E-state index contributed by atoms with van der Waals surface area (Å²) < 4.78 is 20.6. The third-order valence-electron chi connectivity index (χ3n) is 4.26. The second-order valence-corrected chi connectivity index (χ2v) is 6.33. The summed E-state index contributed by atoms with van der Waals surface area (Å²) in [4.78, 5) is 11.8. The van der Waals surface area contributed by atoms with E-state index in [9.17, 15) is 9.18 Å². The van der Waals surface area contributed by atoms with E-state index in [1.54, 1.807) is 25.1 Å². The van der Waals surface area contributed by atoms with Gasteiger partial charge in [0.1, 0.15) is 5.82 Å². The largest absolute Gasteiger partial charge is 0.463 e. The third kappa shape index (κ3) is 3.40. The average molecular weight is 351 g/mol. The number of carbonyl (C=O) groups is 1. The quantitative estimate of drug-likeness (QED) is 0.442. The smallest absolute Gasteiger partial charge is 0.330 e. The van der Waals surface area contributed by atoms with Gasteiger partial charge in [-0.25, -0.2) is 9.18 Å². The van der Waals surface area contributed by atoms with Gasteiger partial charge in [0, 0.05) is 28.6 Å². The van der Waals surface area contributed by atoms with Crippen LogP contribution < -0.4 is 0 Å². The highest BCUT2D eigenvalue weighted by atomic mass is 19.1. The number of rotatable bonds is 5. The van der Waals surface area contributed by atoms with Crippen molar-refractivity contribution >= 4 is 22.9 Å². The molecule has 0 aliphatic carbocycles. The van der Waals surface area contributed by atoms with Crippen LogP contribution >= 0.6 is 0 Å². The Balaban J connectivity index is 2.28. The Bertz CT molecular complexity index is 952. The van der Waals surface area contributed by atoms with Crippen molar-refractivity contribution in [2.75, 3.05) is 6.61 Å². The number of fused-ring (bicyclic) bond motifs is 1. The van der Waals surface area contributed by atoms with E-state index in [4.69, 9.17) is 4.74 Å². The fourth-order valence-corrected chi connectivity index (χ4v) is 3.26. The van der Waals surface area contributed by atoms with Crippen LogP contribution in [-0.2, 0) is 9.53 Å². The lowest BCUT2D eigenvalue weighted by Gasteiger charge is -2.13. The lowest BCUT2D eigenvalue weighted by atomic mass is 10.0. The molecule has 0 bridgehead atoms. The second kappa shape index (κ2) is 7.56. The van der Waals surface area contributed by atoms with E-state index >= 15 is 0 Å². The van der Waals surface area contributed by atoms with Crippen molar-refractivity contribution in [1.29, 1.82) is 0 Å². The van der Waals surface area contributed by atoms with Crippen molar-refractivity contribution in [3.63, 3.8) is 0 Å². The van der Waals surface area contributed by atoms with Crippen molar-refractivity contribution in [2.45, 2.75) is 26.8 Å². The highest BCUT2D eigenvalue weighted by molar-refractivity contribution is 6.02. The number of esters is 1. The van der Waals surface area contributed by atoms with Gasteiger partial charge in [-0.1, -0.05) is 30.3 Å². The van der Waals surface area contributed by atoms with Gasteiger partial charge in [0.05, 0.1) is 12.3 Å². The molecule has 1 heterocycles. The van der Waals surface area contributed by atoms with E-state index in [2.05, 4.69) is 30.5 Å². The fraction of sp³-hybridized carbons (Fsp3) is 0.227. The van der Waals surface area contributed by atoms with Crippen LogP contribution in [0.15, 0.2) is 54.6 Å². The summed E-state index contributed by atoms with van der Waals surface area (Å²) in [6.45, 7) is 6.31. The van der Waals surface area contributed by atoms with Crippen LogP contribution in [0.25, 0.3) is 28.1 Å². The maximum atomic E-state index is 13.4. The average Bonchev–Trinajstić information content (AvgIpc) is 2.95. The standard InChI is InChI=1S/C22H22FNO2/c1-4-26-21(25)14-13-20-22(16-9-11-17(23)12-10-16)18-7-5-6-8-19(18)24(20)15(2)3/h5-15H,4H2,1-3H3. The van der Waals surface area contributed by atoms with E-state index < -0.39 is 0 Å². The monoisotopic (exact) mass is 351 g/mol. The summed E-state index contributed by atoms with van der Waals surface area (Å²) in [5.74, 6) is -0.650. The van der Waals surface area contributed by atoms with Gasteiger partial charge in [0.2, 0.25) is 0 Å². The lowest BCUT2D eigenvalue weighted by Crippen LogP contribution is -2.04. The molecule has 0 unspecified atom stereocenters. The first-order chi connectivity index (χ1) is 12.5. The topological polar surface area (TPSA) is 31.2 Å². The van der Waals surface area contributed by atoms with E-state index in [1.165, 1.54) is 18.2 Å². The van der Waals surface area contributed by atoms with Gasteiger partial charge in [0.25, 0.3) is 0 Å². The van der Waals surface area contributed by atoms with Crippen molar-refractivity contribution < 1.29 is 13.9 Å². The molecule has 134 valence electrons. The van der Waals surface area contributed by atoms with Crippen LogP contribution in [-0.4, -0.2) is 17.1 Å². The predicted octanol–water partition coefficient (Wildman–Crippen LogP) is 5.60. The summed E-state index contributed by atoms with van der Waals surface area (Å²) in [6, 6.07) is 14.7. The molecule has 3 rings (SSSR count). The van der Waals surface area contributed by atoms with Crippen molar-refractivity contribution in [2.24, 2.45) is 0 Å². The number of hydrogen-bond acceptors (Lipinski definition) is 2. The fourth-order valence-electron chi connectivity index (χ4n) is 3.26. The van der Waals surface area contributed by atoms with E-state index in [-0.39, 0.29) is 17.8 Å². The normalized spacial score (nSPS) is 11.6. The van der Waals surface area contributed by atoms with Gasteiger partial charge in [0.15, 0.2) is 0 Å². The predicted molar refractivity (Wildman–Crippen MR) is 103 cm³/mol. The second-order valence-electron chi connectivity index (χ2n) is 6.33. The van der Waals surface area contributed by atoms with Crippen molar-refractivity contribution in [3.8, 4) is 11.1 Å². The Hall–Kier alpha value is -2.88. The van der Waals surface area contributed by atoms with Crippen LogP contribution in [0, 0.1) is 5.82 Å². The Morgan fingerprint density at radius 1 is 1.15 bits per heavy atom. The van der Waals surface area contributed by atoms with Gasteiger partial charge < -0.3 is 9.30 Å². The maximum Gasteiger partial charge on any atom is 0.330 e. The summed E-state index contributed by atoms with van der Waals surface area (Å²) in [6.07, 6.45) is 3.24. The van der Waals surface area contributed by atoms with Crippen LogP contribution in [0.1, 0.15) is 32.5 Å². The molecule has 0 radical (unpaired) electrons. The minimum Gasteiger partial charge on any atom is -0.463 e. The summed E-state index contributed by atoms with van der Waals surface area (Å²) in [5.41, 5.74) is 3.87. The molecular weight excluding hydrogens is 329 g/mol. The van der Waals surface area contributed by atoms with Gasteiger partial charge in [-0.3, -0.25) is 0 Å². The van der Waals surface area contributed by atoms with E-state index in [0.717, 1.165) is 27.7 Å². The molecule has 4 heteroatoms. The molecule has 0 saturated carbocycles. The van der Waals surface area contributed by atoms with Crippen LogP contribution in [0.4, 0.5) is 4.39 Å². The van der Waals surface area contributed by atoms with E-state index in [0.29, 0.717) is 6.61 Å². The first-order valence-corrected chi connectivity index (χ1v) is 8.76. The Labute approximate surface area is 152 Å². The third-order valence-corrected chi connectivity index (χ3v) is 4.26. The SMILES string of the molecule is CCOC(=O)C=Cc1c(-c2ccc(F)cc2)c2ccccc2n1C(C)C. The number of ether oxygens (including phenoxy) is 1. The van der Waals surface area contributed by atoms with Gasteiger partial charge >= 0.3 is 5.97 Å². The maximum absolute atomic E-state index is 13.4. The first-order valence-electron chi connectivity index (χ1n) is 8.76. The number of benzene rings is 2. The van der Waals surface area contributed by atoms with Gasteiger partial charge in [-0.05, 0) is 50.6 Å². The minimum absolute atomic E-state index is 0.191. The van der Waals surface area contributed by atoms with Crippen LogP contribution in [0.2, 0.25) is 0 Å². The van der Waals surface area contributed by atoms with Gasteiger partial charge in [-0.2, -0.15) is 0 Å². The molecule has 26 heavy (non-hydrogen) atoms. The molecule has 0 spiro atoms. The molecule has 0 atom stereocenters. The number of aromatic nitrogens is 1. The molecule has 0 amide bonds. The van der Waals surface area contributed by atoms with Gasteiger partial charge in [-0.15, -0.1) is 0 Å². The molecule has 1 aromatic heterocycles. The number of hydrogen-bond donors (Lipinski definition) is 0. The Kier molecular flexibility index (Phi) is 5.21. The Morgan fingerprint density at radius 2 is 1.85 bits per heavy atom. The van der Waals surface area contributed by atoms with Crippen molar-refractivity contribution in [1.82, 2.24) is 4.57 Å².